The van der Waals surface area contributed by atoms with Gasteiger partial charge in [-0.05, 0) is 58.7 Å². The minimum absolute atomic E-state index is 1.32. The second-order valence-corrected chi connectivity index (χ2v) is 4.43. The van der Waals surface area contributed by atoms with Crippen molar-refractivity contribution in [3.8, 4) is 0 Å². The van der Waals surface area contributed by atoms with Gasteiger partial charge in [-0.25, -0.2) is 0 Å². The predicted molar refractivity (Wildman–Crippen MR) is 93.6 cm³/mol. The second kappa shape index (κ2) is 7.69. The summed E-state index contributed by atoms with van der Waals surface area (Å²) in [6.45, 7) is 12.4. The Bertz CT molecular complexity index is 678. The molecule has 106 valence electrons. The van der Waals surface area contributed by atoms with Crippen LogP contribution in [0.5, 0.6) is 0 Å². The average Bonchev–Trinajstić information content (AvgIpc) is 2.54. The van der Waals surface area contributed by atoms with Gasteiger partial charge in [0.1, 0.15) is 0 Å². The highest BCUT2D eigenvalue weighted by atomic mass is 14.1. The smallest absolute Gasteiger partial charge is 0.0146 e. The second-order valence-electron chi connectivity index (χ2n) is 4.43. The third-order valence-corrected chi connectivity index (χ3v) is 3.43. The van der Waals surface area contributed by atoms with E-state index in [9.17, 15) is 0 Å². The van der Waals surface area contributed by atoms with Crippen LogP contribution in [0.15, 0.2) is 48.5 Å². The van der Waals surface area contributed by atoms with E-state index in [1.807, 2.05) is 27.7 Å². The molecule has 0 saturated heterocycles. The minimum Gasteiger partial charge on any atom is -0.0683 e. The van der Waals surface area contributed by atoms with Crippen LogP contribution >= 0.6 is 0 Å². The molecule has 0 aliphatic carbocycles. The molecule has 0 unspecified atom stereocenters. The number of hydrogen-bond acceptors (Lipinski definition) is 0. The first kappa shape index (κ1) is 16.2. The van der Waals surface area contributed by atoms with Crippen LogP contribution in [0.3, 0.4) is 0 Å². The molecule has 0 atom stereocenters. The van der Waals surface area contributed by atoms with Crippen molar-refractivity contribution in [2.75, 3.05) is 0 Å². The van der Waals surface area contributed by atoms with E-state index in [0.717, 1.165) is 0 Å². The van der Waals surface area contributed by atoms with Gasteiger partial charge in [0.15, 0.2) is 0 Å². The molecule has 0 N–H and O–H groups in total. The lowest BCUT2D eigenvalue weighted by atomic mass is 9.97. The molecule has 0 radical (unpaired) electrons. The van der Waals surface area contributed by atoms with Crippen molar-refractivity contribution in [2.24, 2.45) is 0 Å². The molecule has 0 amide bonds. The Morgan fingerprint density at radius 3 is 1.75 bits per heavy atom. The molecule has 0 aliphatic heterocycles. The molecule has 0 bridgehead atoms. The Balaban J connectivity index is 0.000000461. The van der Waals surface area contributed by atoms with Crippen LogP contribution in [-0.2, 0) is 0 Å². The van der Waals surface area contributed by atoms with Crippen LogP contribution in [0, 0.1) is 13.8 Å². The molecule has 0 fully saturated rings. The standard InChI is InChI=1S/C16H14.2C2H6/c1-11-7-8-15-9-13-5-3-4-6-14(13)10-16(15)12(11)2;2*1-2/h3-10H,1-2H3;2*1-2H3. The number of hydrogen-bond donors (Lipinski definition) is 0. The first-order valence-electron chi connectivity index (χ1n) is 7.64. The van der Waals surface area contributed by atoms with Gasteiger partial charge >= 0.3 is 0 Å². The zero-order valence-corrected chi connectivity index (χ0v) is 13.6. The SMILES string of the molecule is CC.CC.Cc1ccc2cc3ccccc3cc2c1C. The van der Waals surface area contributed by atoms with E-state index in [1.54, 1.807) is 0 Å². The monoisotopic (exact) mass is 266 g/mol. The molecule has 3 rings (SSSR count). The molecule has 3 aromatic carbocycles. The van der Waals surface area contributed by atoms with Gasteiger partial charge in [0.05, 0.1) is 0 Å². The summed E-state index contributed by atoms with van der Waals surface area (Å²) in [7, 11) is 0. The van der Waals surface area contributed by atoms with E-state index >= 15 is 0 Å². The van der Waals surface area contributed by atoms with Crippen LogP contribution in [0.25, 0.3) is 21.5 Å². The highest BCUT2D eigenvalue weighted by Gasteiger charge is 2.01. The molecule has 0 aromatic heterocycles. The van der Waals surface area contributed by atoms with Gasteiger partial charge < -0.3 is 0 Å². The van der Waals surface area contributed by atoms with Gasteiger partial charge in [0.25, 0.3) is 0 Å². The van der Waals surface area contributed by atoms with Crippen molar-refractivity contribution in [1.82, 2.24) is 0 Å². The van der Waals surface area contributed by atoms with E-state index in [4.69, 9.17) is 0 Å². The highest BCUT2D eigenvalue weighted by Crippen LogP contribution is 2.26. The first-order valence-corrected chi connectivity index (χ1v) is 7.64. The molecule has 0 heterocycles. The number of rotatable bonds is 0. The zero-order valence-electron chi connectivity index (χ0n) is 13.6. The fraction of sp³-hybridized carbons (Fsp3) is 0.300. The maximum absolute atomic E-state index is 2.30. The van der Waals surface area contributed by atoms with Crippen molar-refractivity contribution in [1.29, 1.82) is 0 Å². The van der Waals surface area contributed by atoms with Crippen molar-refractivity contribution in [3.63, 3.8) is 0 Å². The lowest BCUT2D eigenvalue weighted by Gasteiger charge is -2.07. The van der Waals surface area contributed by atoms with E-state index in [-0.39, 0.29) is 0 Å². The van der Waals surface area contributed by atoms with Crippen molar-refractivity contribution < 1.29 is 0 Å². The van der Waals surface area contributed by atoms with E-state index < -0.39 is 0 Å². The molecule has 0 heteroatoms. The number of fused-ring (bicyclic) bond motifs is 2. The van der Waals surface area contributed by atoms with Gasteiger partial charge in [-0.1, -0.05) is 64.1 Å². The van der Waals surface area contributed by atoms with E-state index in [1.165, 1.54) is 32.7 Å². The Morgan fingerprint density at radius 2 is 1.15 bits per heavy atom. The lowest BCUT2D eigenvalue weighted by Crippen LogP contribution is -1.84. The van der Waals surface area contributed by atoms with E-state index in [2.05, 4.69) is 62.4 Å². The van der Waals surface area contributed by atoms with Crippen LogP contribution in [0.4, 0.5) is 0 Å². The summed E-state index contributed by atoms with van der Waals surface area (Å²) in [6.07, 6.45) is 0. The molecule has 20 heavy (non-hydrogen) atoms. The quantitative estimate of drug-likeness (QED) is 0.399. The minimum atomic E-state index is 1.32. The summed E-state index contributed by atoms with van der Waals surface area (Å²) in [5.74, 6) is 0. The van der Waals surface area contributed by atoms with Gasteiger partial charge in [-0.3, -0.25) is 0 Å². The Hall–Kier alpha value is -1.82. The zero-order chi connectivity index (χ0) is 15.1. The molecule has 3 aromatic rings. The van der Waals surface area contributed by atoms with Crippen LogP contribution < -0.4 is 0 Å². The maximum Gasteiger partial charge on any atom is -0.0146 e. The Kier molecular flexibility index (Phi) is 6.24. The lowest BCUT2D eigenvalue weighted by molar-refractivity contribution is 1.38. The molecule has 0 saturated carbocycles. The third kappa shape index (κ3) is 3.19. The summed E-state index contributed by atoms with van der Waals surface area (Å²) in [4.78, 5) is 0. The van der Waals surface area contributed by atoms with Crippen LogP contribution in [0.2, 0.25) is 0 Å². The number of benzene rings is 3. The maximum atomic E-state index is 2.30. The summed E-state index contributed by atoms with van der Waals surface area (Å²) in [5.41, 5.74) is 2.76. The average molecular weight is 266 g/mol. The summed E-state index contributed by atoms with van der Waals surface area (Å²) < 4.78 is 0. The van der Waals surface area contributed by atoms with Crippen molar-refractivity contribution in [3.05, 3.63) is 59.7 Å². The molecule has 0 spiro atoms. The van der Waals surface area contributed by atoms with E-state index in [0.29, 0.717) is 0 Å². The normalized spacial score (nSPS) is 9.50. The highest BCUT2D eigenvalue weighted by molar-refractivity contribution is 5.99. The largest absolute Gasteiger partial charge is 0.0683 e. The fourth-order valence-corrected chi connectivity index (χ4v) is 2.27. The number of aryl methyl sites for hydroxylation is 2. The summed E-state index contributed by atoms with van der Waals surface area (Å²) >= 11 is 0. The predicted octanol–water partition coefficient (Wildman–Crippen LogP) is 6.66. The van der Waals surface area contributed by atoms with Gasteiger partial charge in [0.2, 0.25) is 0 Å². The molecule has 0 aliphatic rings. The topological polar surface area (TPSA) is 0 Å². The van der Waals surface area contributed by atoms with Gasteiger partial charge in [0, 0.05) is 0 Å². The molecular weight excluding hydrogens is 240 g/mol. The van der Waals surface area contributed by atoms with Crippen molar-refractivity contribution in [2.45, 2.75) is 41.5 Å². The third-order valence-electron chi connectivity index (χ3n) is 3.43. The van der Waals surface area contributed by atoms with Crippen LogP contribution in [-0.4, -0.2) is 0 Å². The Morgan fingerprint density at radius 1 is 0.600 bits per heavy atom. The summed E-state index contributed by atoms with van der Waals surface area (Å²) in [5, 5.41) is 5.35. The Labute approximate surface area is 123 Å². The fourth-order valence-electron chi connectivity index (χ4n) is 2.27. The van der Waals surface area contributed by atoms with Crippen LogP contribution in [0.1, 0.15) is 38.8 Å². The van der Waals surface area contributed by atoms with Gasteiger partial charge in [-0.2, -0.15) is 0 Å². The summed E-state index contributed by atoms with van der Waals surface area (Å²) in [6, 6.07) is 17.5. The van der Waals surface area contributed by atoms with Crippen molar-refractivity contribution >= 4 is 21.5 Å². The first-order chi connectivity index (χ1) is 9.75. The molecular formula is C20H26. The van der Waals surface area contributed by atoms with Gasteiger partial charge in [-0.15, -0.1) is 0 Å². The molecule has 0 nitrogen and oxygen atoms in total.